The van der Waals surface area contributed by atoms with E-state index in [2.05, 4.69) is 121 Å². The Hall–Kier alpha value is -4.86. The van der Waals surface area contributed by atoms with Gasteiger partial charge in [0.15, 0.2) is 0 Å². The van der Waals surface area contributed by atoms with Gasteiger partial charge in [-0.05, 0) is 81.9 Å². The molecule has 0 radical (unpaired) electrons. The molecule has 4 saturated heterocycles. The fraction of sp³-hybridized carbons (Fsp3) is 0.318. The monoisotopic (exact) mass is 698 g/mol. The second kappa shape index (κ2) is 15.0. The van der Waals surface area contributed by atoms with E-state index >= 15 is 0 Å². The SMILES string of the molecule is c1cc(C(c2ccc(OCC3CO3)cc2)c2ccc(C(c3ccc(OCC4CO4)cc3)c3ccc(OC4COC4)cc3)cc2)ccc1OCC1CO1. The van der Waals surface area contributed by atoms with Crippen LogP contribution in [0.15, 0.2) is 121 Å². The molecule has 5 aromatic rings. The van der Waals surface area contributed by atoms with Crippen molar-refractivity contribution >= 4 is 0 Å². The highest BCUT2D eigenvalue weighted by Crippen LogP contribution is 2.38. The van der Waals surface area contributed by atoms with Gasteiger partial charge in [0, 0.05) is 11.8 Å². The van der Waals surface area contributed by atoms with Crippen molar-refractivity contribution in [2.24, 2.45) is 0 Å². The molecule has 8 heteroatoms. The fourth-order valence-corrected chi connectivity index (χ4v) is 6.58. The molecular weight excluding hydrogens is 656 g/mol. The third-order valence-electron chi connectivity index (χ3n) is 9.88. The lowest BCUT2D eigenvalue weighted by molar-refractivity contribution is -0.0796. The number of epoxide rings is 3. The molecule has 4 heterocycles. The quantitative estimate of drug-likeness (QED) is 0.0748. The highest BCUT2D eigenvalue weighted by atomic mass is 16.6. The van der Waals surface area contributed by atoms with Crippen LogP contribution in [0.2, 0.25) is 0 Å². The Kier molecular flexibility index (Phi) is 9.53. The molecule has 0 bridgehead atoms. The third kappa shape index (κ3) is 8.27. The molecule has 0 aliphatic carbocycles. The summed E-state index contributed by atoms with van der Waals surface area (Å²) < 4.78 is 45.2. The molecule has 8 nitrogen and oxygen atoms in total. The largest absolute Gasteiger partial charge is 0.491 e. The second-order valence-corrected chi connectivity index (χ2v) is 13.9. The maximum absolute atomic E-state index is 6.08. The fourth-order valence-electron chi connectivity index (χ4n) is 6.58. The molecule has 5 aromatic carbocycles. The van der Waals surface area contributed by atoms with Crippen molar-refractivity contribution in [1.29, 1.82) is 0 Å². The third-order valence-corrected chi connectivity index (χ3v) is 9.88. The Morgan fingerprint density at radius 3 is 0.904 bits per heavy atom. The number of hydrogen-bond donors (Lipinski definition) is 0. The standard InChI is InChI=1S/C44H42O8/c1-3-30(44(33-9-17-37(18-10-33)48-25-41-28-51-41)34-11-19-38(20-12-34)52-42-21-45-22-42)4-2-29(1)43(31-5-13-35(14-6-31)46-23-39-26-49-39)32-7-15-36(16-8-32)47-24-40-27-50-40/h1-20,39-44H,21-28H2. The summed E-state index contributed by atoms with van der Waals surface area (Å²) in [5.41, 5.74) is 7.11. The number of rotatable bonds is 17. The van der Waals surface area contributed by atoms with Gasteiger partial charge in [-0.15, -0.1) is 0 Å². The average Bonchev–Trinajstić information content (AvgIpc) is 4.01. The highest BCUT2D eigenvalue weighted by molar-refractivity contribution is 5.50. The minimum atomic E-state index is 0.00734. The van der Waals surface area contributed by atoms with Crippen molar-refractivity contribution < 1.29 is 37.9 Å². The molecule has 4 atom stereocenters. The van der Waals surface area contributed by atoms with E-state index in [4.69, 9.17) is 37.9 Å². The van der Waals surface area contributed by atoms with Crippen LogP contribution in [0.1, 0.15) is 45.2 Å². The van der Waals surface area contributed by atoms with E-state index < -0.39 is 0 Å². The zero-order valence-corrected chi connectivity index (χ0v) is 28.9. The van der Waals surface area contributed by atoms with Gasteiger partial charge in [0.25, 0.3) is 0 Å². The lowest BCUT2D eigenvalue weighted by atomic mass is 9.81. The van der Waals surface area contributed by atoms with Crippen molar-refractivity contribution in [2.75, 3.05) is 52.9 Å². The van der Waals surface area contributed by atoms with E-state index in [0.717, 1.165) is 42.8 Å². The highest BCUT2D eigenvalue weighted by Gasteiger charge is 2.26. The first-order valence-corrected chi connectivity index (χ1v) is 18.2. The molecule has 4 unspecified atom stereocenters. The van der Waals surface area contributed by atoms with Gasteiger partial charge >= 0.3 is 0 Å². The van der Waals surface area contributed by atoms with Gasteiger partial charge < -0.3 is 37.9 Å². The van der Waals surface area contributed by atoms with Crippen LogP contribution in [0.5, 0.6) is 23.0 Å². The Bertz CT molecular complexity index is 1830. The molecule has 0 aromatic heterocycles. The van der Waals surface area contributed by atoms with Gasteiger partial charge in [-0.3, -0.25) is 0 Å². The van der Waals surface area contributed by atoms with Crippen LogP contribution >= 0.6 is 0 Å². The second-order valence-electron chi connectivity index (χ2n) is 13.9. The number of benzene rings is 5. The molecule has 0 N–H and O–H groups in total. The van der Waals surface area contributed by atoms with E-state index in [1.807, 2.05) is 0 Å². The Balaban J connectivity index is 1.01. The average molecular weight is 699 g/mol. The van der Waals surface area contributed by atoms with Gasteiger partial charge in [-0.1, -0.05) is 72.8 Å². The van der Waals surface area contributed by atoms with Crippen molar-refractivity contribution in [3.8, 4) is 23.0 Å². The molecule has 4 fully saturated rings. The topological polar surface area (TPSA) is 83.7 Å². The Morgan fingerprint density at radius 1 is 0.385 bits per heavy atom. The van der Waals surface area contributed by atoms with E-state index in [-0.39, 0.29) is 36.3 Å². The van der Waals surface area contributed by atoms with E-state index in [1.165, 1.54) is 33.4 Å². The molecule has 9 rings (SSSR count). The van der Waals surface area contributed by atoms with Gasteiger partial charge in [0.2, 0.25) is 0 Å². The van der Waals surface area contributed by atoms with Crippen LogP contribution in [-0.4, -0.2) is 77.3 Å². The molecule has 4 aliphatic rings. The Morgan fingerprint density at radius 2 is 0.654 bits per heavy atom. The summed E-state index contributed by atoms with van der Waals surface area (Å²) in [6.45, 7) is 5.34. The Labute approximate surface area is 304 Å². The van der Waals surface area contributed by atoms with Crippen LogP contribution in [0.4, 0.5) is 0 Å². The summed E-state index contributed by atoms with van der Waals surface area (Å²) in [6.07, 6.45) is 0.760. The normalized spacial score (nSPS) is 21.3. The predicted molar refractivity (Wildman–Crippen MR) is 195 cm³/mol. The molecule has 0 spiro atoms. The molecular formula is C44H42O8. The van der Waals surface area contributed by atoms with E-state index in [0.29, 0.717) is 33.0 Å². The lowest BCUT2D eigenvalue weighted by Gasteiger charge is -2.27. The first-order valence-electron chi connectivity index (χ1n) is 18.2. The smallest absolute Gasteiger partial charge is 0.145 e. The van der Waals surface area contributed by atoms with Crippen LogP contribution in [0.3, 0.4) is 0 Å². The molecule has 4 aliphatic heterocycles. The van der Waals surface area contributed by atoms with Crippen molar-refractivity contribution in [3.63, 3.8) is 0 Å². The summed E-state index contributed by atoms with van der Waals surface area (Å²) in [7, 11) is 0. The van der Waals surface area contributed by atoms with Gasteiger partial charge in [-0.25, -0.2) is 0 Å². The minimum absolute atomic E-state index is 0.00734. The van der Waals surface area contributed by atoms with Crippen molar-refractivity contribution in [2.45, 2.75) is 36.3 Å². The van der Waals surface area contributed by atoms with Gasteiger partial charge in [0.05, 0.1) is 33.0 Å². The predicted octanol–water partition coefficient (Wildman–Crippen LogP) is 7.16. The summed E-state index contributed by atoms with van der Waals surface area (Å²) in [5, 5.41) is 0. The van der Waals surface area contributed by atoms with Crippen LogP contribution in [0.25, 0.3) is 0 Å². The van der Waals surface area contributed by atoms with Crippen LogP contribution in [-0.2, 0) is 18.9 Å². The molecule has 0 saturated carbocycles. The van der Waals surface area contributed by atoms with Crippen LogP contribution in [0, 0.1) is 0 Å². The first kappa shape index (κ1) is 33.0. The van der Waals surface area contributed by atoms with Crippen molar-refractivity contribution in [1.82, 2.24) is 0 Å². The first-order chi connectivity index (χ1) is 25.7. The van der Waals surface area contributed by atoms with Gasteiger partial charge in [-0.2, -0.15) is 0 Å². The maximum atomic E-state index is 6.08. The number of hydrogen-bond acceptors (Lipinski definition) is 8. The summed E-state index contributed by atoms with van der Waals surface area (Å²) in [4.78, 5) is 0. The van der Waals surface area contributed by atoms with Gasteiger partial charge in [0.1, 0.15) is 67.2 Å². The summed E-state index contributed by atoms with van der Waals surface area (Å²) in [6, 6.07) is 42.8. The zero-order valence-electron chi connectivity index (χ0n) is 28.9. The molecule has 52 heavy (non-hydrogen) atoms. The van der Waals surface area contributed by atoms with Crippen LogP contribution < -0.4 is 18.9 Å². The maximum Gasteiger partial charge on any atom is 0.145 e. The van der Waals surface area contributed by atoms with Crippen molar-refractivity contribution in [3.05, 3.63) is 155 Å². The van der Waals surface area contributed by atoms with E-state index in [1.54, 1.807) is 0 Å². The number of ether oxygens (including phenoxy) is 8. The molecule has 0 amide bonds. The minimum Gasteiger partial charge on any atom is -0.491 e. The summed E-state index contributed by atoms with van der Waals surface area (Å²) >= 11 is 0. The lowest BCUT2D eigenvalue weighted by Crippen LogP contribution is -2.38. The molecule has 266 valence electrons. The van der Waals surface area contributed by atoms with E-state index in [9.17, 15) is 0 Å². The zero-order chi connectivity index (χ0) is 34.7. The summed E-state index contributed by atoms with van der Waals surface area (Å²) in [5.74, 6) is 3.40.